The van der Waals surface area contributed by atoms with Crippen LogP contribution in [0.5, 0.6) is 5.75 Å². The van der Waals surface area contributed by atoms with Gasteiger partial charge in [-0.05, 0) is 13.0 Å². The van der Waals surface area contributed by atoms with Crippen LogP contribution in [0.4, 0.5) is 5.69 Å². The molecule has 0 aliphatic carbocycles. The van der Waals surface area contributed by atoms with E-state index in [-0.39, 0.29) is 0 Å². The predicted molar refractivity (Wildman–Crippen MR) is 72.7 cm³/mol. The van der Waals surface area contributed by atoms with Crippen molar-refractivity contribution in [1.82, 2.24) is 5.32 Å². The van der Waals surface area contributed by atoms with Crippen LogP contribution in [0.25, 0.3) is 0 Å². The molecule has 1 aromatic carbocycles. The first-order chi connectivity index (χ1) is 8.13. The Morgan fingerprint density at radius 2 is 2.06 bits per heavy atom. The molecule has 0 saturated carbocycles. The highest BCUT2D eigenvalue weighted by atomic mass is 35.5. The van der Waals surface area contributed by atoms with Gasteiger partial charge in [0.15, 0.2) is 0 Å². The zero-order valence-electron chi connectivity index (χ0n) is 9.96. The van der Waals surface area contributed by atoms with E-state index in [0.717, 1.165) is 31.1 Å². The Kier molecular flexibility index (Phi) is 4.02. The summed E-state index contributed by atoms with van der Waals surface area (Å²) in [6.07, 6.45) is 0. The average Bonchev–Trinajstić information content (AvgIpc) is 2.33. The zero-order valence-corrected chi connectivity index (χ0v) is 11.5. The summed E-state index contributed by atoms with van der Waals surface area (Å²) in [5, 5.41) is 4.44. The van der Waals surface area contributed by atoms with Gasteiger partial charge in [0, 0.05) is 31.7 Å². The smallest absolute Gasteiger partial charge is 0.143 e. The number of methoxy groups -OCH3 is 1. The summed E-state index contributed by atoms with van der Waals surface area (Å²) < 4.78 is 5.38. The third-order valence-corrected chi connectivity index (χ3v) is 3.75. The van der Waals surface area contributed by atoms with Crippen LogP contribution in [-0.4, -0.2) is 32.8 Å². The van der Waals surface area contributed by atoms with Gasteiger partial charge in [-0.3, -0.25) is 0 Å². The minimum atomic E-state index is 0.412. The fourth-order valence-corrected chi connectivity index (χ4v) is 2.42. The molecule has 3 nitrogen and oxygen atoms in total. The van der Waals surface area contributed by atoms with Gasteiger partial charge in [0.25, 0.3) is 0 Å². The molecule has 1 atom stereocenters. The van der Waals surface area contributed by atoms with Gasteiger partial charge < -0.3 is 15.0 Å². The molecule has 1 N–H and O–H groups in total. The summed E-state index contributed by atoms with van der Waals surface area (Å²) in [5.74, 6) is 0.771. The summed E-state index contributed by atoms with van der Waals surface area (Å²) in [5.41, 5.74) is 1.01. The van der Waals surface area contributed by atoms with Crippen molar-refractivity contribution >= 4 is 28.9 Å². The molecule has 17 heavy (non-hydrogen) atoms. The van der Waals surface area contributed by atoms with E-state index in [1.54, 1.807) is 13.2 Å². The highest BCUT2D eigenvalue weighted by Gasteiger charge is 2.22. The maximum absolute atomic E-state index is 6.08. The summed E-state index contributed by atoms with van der Waals surface area (Å²) in [4.78, 5) is 2.29. The molecule has 0 bridgehead atoms. The van der Waals surface area contributed by atoms with Crippen LogP contribution in [0.3, 0.4) is 0 Å². The lowest BCUT2D eigenvalue weighted by molar-refractivity contribution is 0.409. The monoisotopic (exact) mass is 274 g/mol. The number of nitrogens with zero attached hydrogens (tertiary/aromatic N) is 1. The molecule has 0 radical (unpaired) electrons. The van der Waals surface area contributed by atoms with Crippen LogP contribution in [-0.2, 0) is 0 Å². The van der Waals surface area contributed by atoms with Crippen LogP contribution in [0.1, 0.15) is 6.92 Å². The molecule has 1 aliphatic rings. The number of rotatable bonds is 2. The lowest BCUT2D eigenvalue weighted by Gasteiger charge is -2.36. The number of halogens is 2. The second-order valence-electron chi connectivity index (χ2n) is 4.18. The Bertz CT molecular complexity index is 412. The van der Waals surface area contributed by atoms with E-state index >= 15 is 0 Å². The van der Waals surface area contributed by atoms with Crippen molar-refractivity contribution in [1.29, 1.82) is 0 Å². The minimum absolute atomic E-state index is 0.412. The van der Waals surface area contributed by atoms with Crippen molar-refractivity contribution < 1.29 is 4.74 Å². The molecular weight excluding hydrogens is 259 g/mol. The molecule has 94 valence electrons. The van der Waals surface area contributed by atoms with Crippen LogP contribution in [0, 0.1) is 0 Å². The lowest BCUT2D eigenvalue weighted by atomic mass is 10.1. The first kappa shape index (κ1) is 12.8. The van der Waals surface area contributed by atoms with E-state index in [4.69, 9.17) is 27.9 Å². The van der Waals surface area contributed by atoms with E-state index in [0.29, 0.717) is 16.1 Å². The van der Waals surface area contributed by atoms with Crippen molar-refractivity contribution in [2.45, 2.75) is 13.0 Å². The molecule has 2 rings (SSSR count). The van der Waals surface area contributed by atoms with Crippen molar-refractivity contribution in [2.24, 2.45) is 0 Å². The van der Waals surface area contributed by atoms with Gasteiger partial charge in [-0.25, -0.2) is 0 Å². The number of piperazine rings is 1. The molecule has 1 heterocycles. The summed E-state index contributed by atoms with van der Waals surface area (Å²) in [6, 6.07) is 4.06. The molecule has 5 heteroatoms. The van der Waals surface area contributed by atoms with Crippen molar-refractivity contribution in [3.8, 4) is 5.75 Å². The van der Waals surface area contributed by atoms with E-state index in [1.165, 1.54) is 0 Å². The number of benzene rings is 1. The van der Waals surface area contributed by atoms with E-state index < -0.39 is 0 Å². The number of hydrogen-bond donors (Lipinski definition) is 1. The van der Waals surface area contributed by atoms with Crippen molar-refractivity contribution in [3.05, 3.63) is 22.2 Å². The highest BCUT2D eigenvalue weighted by Crippen LogP contribution is 2.37. The number of anilines is 1. The standard InChI is InChI=1S/C12H16Cl2N2O/c1-8-7-15-3-4-16(8)11-5-9(13)10(14)6-12(11)17-2/h5-6,8,15H,3-4,7H2,1-2H3/t8-/m0/s1. The Hall–Kier alpha value is -0.640. The number of ether oxygens (including phenoxy) is 1. The topological polar surface area (TPSA) is 24.5 Å². The van der Waals surface area contributed by atoms with Crippen molar-refractivity contribution in [2.75, 3.05) is 31.6 Å². The third-order valence-electron chi connectivity index (χ3n) is 3.03. The summed E-state index contributed by atoms with van der Waals surface area (Å²) in [7, 11) is 1.65. The molecule has 0 spiro atoms. The molecule has 0 amide bonds. The van der Waals surface area contributed by atoms with Gasteiger partial charge in [-0.15, -0.1) is 0 Å². The quantitative estimate of drug-likeness (QED) is 0.898. The van der Waals surface area contributed by atoms with Gasteiger partial charge >= 0.3 is 0 Å². The Morgan fingerprint density at radius 3 is 2.71 bits per heavy atom. The van der Waals surface area contributed by atoms with Crippen LogP contribution in [0.15, 0.2) is 12.1 Å². The van der Waals surface area contributed by atoms with Gasteiger partial charge in [-0.2, -0.15) is 0 Å². The fourth-order valence-electron chi connectivity index (χ4n) is 2.10. The van der Waals surface area contributed by atoms with Crippen LogP contribution >= 0.6 is 23.2 Å². The van der Waals surface area contributed by atoms with Gasteiger partial charge in [0.05, 0.1) is 22.8 Å². The molecule has 1 saturated heterocycles. The fraction of sp³-hybridized carbons (Fsp3) is 0.500. The van der Waals surface area contributed by atoms with Crippen molar-refractivity contribution in [3.63, 3.8) is 0 Å². The number of hydrogen-bond acceptors (Lipinski definition) is 3. The van der Waals surface area contributed by atoms with E-state index in [9.17, 15) is 0 Å². The first-order valence-corrected chi connectivity index (χ1v) is 6.39. The molecular formula is C12H16Cl2N2O. The maximum atomic E-state index is 6.08. The second kappa shape index (κ2) is 5.34. The first-order valence-electron chi connectivity index (χ1n) is 5.64. The molecule has 1 aliphatic heterocycles. The second-order valence-corrected chi connectivity index (χ2v) is 5.00. The summed E-state index contributed by atoms with van der Waals surface area (Å²) >= 11 is 12.1. The minimum Gasteiger partial charge on any atom is -0.495 e. The average molecular weight is 275 g/mol. The Morgan fingerprint density at radius 1 is 1.35 bits per heavy atom. The predicted octanol–water partition coefficient (Wildman–Crippen LogP) is 2.80. The Labute approximate surface area is 112 Å². The largest absolute Gasteiger partial charge is 0.495 e. The van der Waals surface area contributed by atoms with Gasteiger partial charge in [0.1, 0.15) is 5.75 Å². The lowest BCUT2D eigenvalue weighted by Crippen LogP contribution is -2.50. The van der Waals surface area contributed by atoms with Gasteiger partial charge in [-0.1, -0.05) is 23.2 Å². The maximum Gasteiger partial charge on any atom is 0.143 e. The zero-order chi connectivity index (χ0) is 12.4. The number of nitrogens with one attached hydrogen (secondary N) is 1. The normalized spacial score (nSPS) is 20.5. The van der Waals surface area contributed by atoms with Gasteiger partial charge in [0.2, 0.25) is 0 Å². The van der Waals surface area contributed by atoms with Crippen LogP contribution in [0.2, 0.25) is 10.0 Å². The van der Waals surface area contributed by atoms with E-state index in [2.05, 4.69) is 17.1 Å². The third kappa shape index (κ3) is 2.62. The van der Waals surface area contributed by atoms with Crippen LogP contribution < -0.4 is 15.0 Å². The highest BCUT2D eigenvalue weighted by molar-refractivity contribution is 6.42. The molecule has 0 unspecified atom stereocenters. The van der Waals surface area contributed by atoms with E-state index in [1.807, 2.05) is 6.07 Å². The summed E-state index contributed by atoms with van der Waals surface area (Å²) in [6.45, 7) is 5.04. The Balaban J connectivity index is 2.38. The SMILES string of the molecule is COc1cc(Cl)c(Cl)cc1N1CCNC[C@@H]1C. The molecule has 1 aromatic rings. The molecule has 1 fully saturated rings. The molecule has 0 aromatic heterocycles.